The van der Waals surface area contributed by atoms with E-state index in [4.69, 9.17) is 4.74 Å². The zero-order valence-electron chi connectivity index (χ0n) is 17.3. The number of para-hydroxylation sites is 1. The molecule has 154 valence electrons. The van der Waals surface area contributed by atoms with Crippen molar-refractivity contribution in [2.24, 2.45) is 0 Å². The van der Waals surface area contributed by atoms with Crippen LogP contribution in [0.15, 0.2) is 72.8 Å². The maximum Gasteiger partial charge on any atom is 0.262 e. The summed E-state index contributed by atoms with van der Waals surface area (Å²) in [6.45, 7) is 3.81. The molecule has 30 heavy (non-hydrogen) atoms. The third-order valence-corrected chi connectivity index (χ3v) is 4.67. The summed E-state index contributed by atoms with van der Waals surface area (Å²) in [4.78, 5) is 24.5. The summed E-state index contributed by atoms with van der Waals surface area (Å²) in [5.41, 5.74) is 4.34. The molecule has 0 aromatic heterocycles. The molecule has 3 aromatic carbocycles. The lowest BCUT2D eigenvalue weighted by Gasteiger charge is -2.12. The second-order valence-corrected chi connectivity index (χ2v) is 7.17. The highest BCUT2D eigenvalue weighted by atomic mass is 16.5. The van der Waals surface area contributed by atoms with Gasteiger partial charge in [0.1, 0.15) is 5.75 Å². The van der Waals surface area contributed by atoms with E-state index in [9.17, 15) is 9.59 Å². The van der Waals surface area contributed by atoms with Crippen molar-refractivity contribution < 1.29 is 14.3 Å². The maximum absolute atomic E-state index is 12.3. The SMILES string of the molecule is Cc1cccc(C)c1OCC(=O)Nc1cccc(NC(=O)CCc2ccccc2)c1. The Balaban J connectivity index is 1.50. The van der Waals surface area contributed by atoms with Crippen LogP contribution in [0, 0.1) is 13.8 Å². The van der Waals surface area contributed by atoms with Crippen LogP contribution in [-0.2, 0) is 16.0 Å². The minimum Gasteiger partial charge on any atom is -0.483 e. The molecule has 0 saturated heterocycles. The third-order valence-electron chi connectivity index (χ3n) is 4.67. The number of anilines is 2. The minimum atomic E-state index is -0.259. The predicted molar refractivity (Wildman–Crippen MR) is 120 cm³/mol. The molecule has 0 atom stereocenters. The molecule has 3 aromatic rings. The molecule has 0 radical (unpaired) electrons. The smallest absolute Gasteiger partial charge is 0.262 e. The van der Waals surface area contributed by atoms with Crippen molar-refractivity contribution in [3.8, 4) is 5.75 Å². The van der Waals surface area contributed by atoms with E-state index in [-0.39, 0.29) is 18.4 Å². The third kappa shape index (κ3) is 6.21. The molecular weight excluding hydrogens is 376 g/mol. The zero-order chi connectivity index (χ0) is 21.3. The van der Waals surface area contributed by atoms with Crippen molar-refractivity contribution in [1.82, 2.24) is 0 Å². The molecule has 2 N–H and O–H groups in total. The molecule has 0 aliphatic carbocycles. The molecule has 0 spiro atoms. The van der Waals surface area contributed by atoms with Crippen LogP contribution in [0.1, 0.15) is 23.1 Å². The van der Waals surface area contributed by atoms with Crippen LogP contribution >= 0.6 is 0 Å². The fourth-order valence-corrected chi connectivity index (χ4v) is 3.16. The lowest BCUT2D eigenvalue weighted by atomic mass is 10.1. The molecule has 0 bridgehead atoms. The van der Waals surface area contributed by atoms with Gasteiger partial charge in [-0.2, -0.15) is 0 Å². The van der Waals surface area contributed by atoms with Gasteiger partial charge in [0.05, 0.1) is 0 Å². The molecular formula is C25H26N2O3. The number of amides is 2. The topological polar surface area (TPSA) is 67.4 Å². The van der Waals surface area contributed by atoms with Crippen LogP contribution in [0.25, 0.3) is 0 Å². The fraction of sp³-hybridized carbons (Fsp3) is 0.200. The second-order valence-electron chi connectivity index (χ2n) is 7.17. The monoisotopic (exact) mass is 402 g/mol. The molecule has 0 aliphatic rings. The Morgan fingerprint density at radius 2 is 1.37 bits per heavy atom. The normalized spacial score (nSPS) is 10.3. The van der Waals surface area contributed by atoms with E-state index in [1.807, 2.05) is 62.4 Å². The molecule has 0 heterocycles. The van der Waals surface area contributed by atoms with Gasteiger partial charge in [-0.15, -0.1) is 0 Å². The van der Waals surface area contributed by atoms with E-state index >= 15 is 0 Å². The van der Waals surface area contributed by atoms with E-state index in [1.165, 1.54) is 0 Å². The summed E-state index contributed by atoms with van der Waals surface area (Å²) in [6.07, 6.45) is 1.07. The van der Waals surface area contributed by atoms with Crippen molar-refractivity contribution in [2.45, 2.75) is 26.7 Å². The maximum atomic E-state index is 12.3. The number of ether oxygens (including phenoxy) is 1. The highest BCUT2D eigenvalue weighted by Crippen LogP contribution is 2.22. The number of carbonyl (C=O) groups is 2. The van der Waals surface area contributed by atoms with Crippen LogP contribution < -0.4 is 15.4 Å². The first-order valence-electron chi connectivity index (χ1n) is 9.94. The largest absolute Gasteiger partial charge is 0.483 e. The van der Waals surface area contributed by atoms with Crippen LogP contribution in [-0.4, -0.2) is 18.4 Å². The molecule has 0 fully saturated rings. The summed E-state index contributed by atoms with van der Waals surface area (Å²) >= 11 is 0. The van der Waals surface area contributed by atoms with Crippen molar-refractivity contribution in [2.75, 3.05) is 17.2 Å². The highest BCUT2D eigenvalue weighted by molar-refractivity contribution is 5.94. The summed E-state index contributed by atoms with van der Waals surface area (Å²) in [7, 11) is 0. The standard InChI is InChI=1S/C25H26N2O3/c1-18-8-6-9-19(2)25(18)30-17-24(29)27-22-13-7-12-21(16-22)26-23(28)15-14-20-10-4-3-5-11-20/h3-13,16H,14-15,17H2,1-2H3,(H,26,28)(H,27,29). The van der Waals surface area contributed by atoms with E-state index in [0.29, 0.717) is 24.2 Å². The van der Waals surface area contributed by atoms with Crippen molar-refractivity contribution >= 4 is 23.2 Å². The summed E-state index contributed by atoms with van der Waals surface area (Å²) in [6, 6.07) is 22.8. The summed E-state index contributed by atoms with van der Waals surface area (Å²) in [5, 5.41) is 5.68. The summed E-state index contributed by atoms with van der Waals surface area (Å²) in [5.74, 6) is 0.401. The Labute approximate surface area is 177 Å². The van der Waals surface area contributed by atoms with Crippen LogP contribution in [0.5, 0.6) is 5.75 Å². The zero-order valence-corrected chi connectivity index (χ0v) is 17.3. The quantitative estimate of drug-likeness (QED) is 0.564. The Morgan fingerprint density at radius 3 is 2.03 bits per heavy atom. The van der Waals surface area contributed by atoms with Gasteiger partial charge >= 0.3 is 0 Å². The van der Waals surface area contributed by atoms with Crippen LogP contribution in [0.2, 0.25) is 0 Å². The molecule has 0 aliphatic heterocycles. The highest BCUT2D eigenvalue weighted by Gasteiger charge is 2.09. The molecule has 5 heteroatoms. The minimum absolute atomic E-state index is 0.0688. The van der Waals surface area contributed by atoms with Crippen LogP contribution in [0.4, 0.5) is 11.4 Å². The fourth-order valence-electron chi connectivity index (χ4n) is 3.16. The number of nitrogens with one attached hydrogen (secondary N) is 2. The van der Waals surface area contributed by atoms with Gasteiger partial charge in [-0.3, -0.25) is 9.59 Å². The Kier molecular flexibility index (Phi) is 7.22. The van der Waals surface area contributed by atoms with Crippen molar-refractivity contribution in [1.29, 1.82) is 0 Å². The van der Waals surface area contributed by atoms with E-state index in [0.717, 1.165) is 22.4 Å². The van der Waals surface area contributed by atoms with Crippen LogP contribution in [0.3, 0.4) is 0 Å². The van der Waals surface area contributed by atoms with Crippen molar-refractivity contribution in [3.63, 3.8) is 0 Å². The molecule has 5 nitrogen and oxygen atoms in total. The number of aryl methyl sites for hydroxylation is 3. The Hall–Kier alpha value is -3.60. The van der Waals surface area contributed by atoms with Gasteiger partial charge < -0.3 is 15.4 Å². The molecule has 2 amide bonds. The summed E-state index contributed by atoms with van der Waals surface area (Å²) < 4.78 is 5.69. The number of hydrogen-bond acceptors (Lipinski definition) is 3. The van der Waals surface area contributed by atoms with Crippen molar-refractivity contribution in [3.05, 3.63) is 89.5 Å². The predicted octanol–water partition coefficient (Wildman–Crippen LogP) is 4.89. The first-order valence-corrected chi connectivity index (χ1v) is 9.94. The number of hydrogen-bond donors (Lipinski definition) is 2. The van der Waals surface area contributed by atoms with Gasteiger partial charge in [-0.1, -0.05) is 54.6 Å². The van der Waals surface area contributed by atoms with Gasteiger partial charge in [-0.25, -0.2) is 0 Å². The average Bonchev–Trinajstić information content (AvgIpc) is 2.73. The number of rotatable bonds is 8. The second kappa shape index (κ2) is 10.3. The lowest BCUT2D eigenvalue weighted by molar-refractivity contribution is -0.118. The van der Waals surface area contributed by atoms with Gasteiger partial charge in [0, 0.05) is 17.8 Å². The van der Waals surface area contributed by atoms with Gasteiger partial charge in [0.25, 0.3) is 5.91 Å². The van der Waals surface area contributed by atoms with E-state index in [1.54, 1.807) is 24.3 Å². The first kappa shape index (κ1) is 21.1. The Bertz CT molecular complexity index is 996. The van der Waals surface area contributed by atoms with E-state index in [2.05, 4.69) is 10.6 Å². The lowest BCUT2D eigenvalue weighted by Crippen LogP contribution is -2.21. The van der Waals surface area contributed by atoms with Gasteiger partial charge in [0.15, 0.2) is 6.61 Å². The molecule has 0 saturated carbocycles. The van der Waals surface area contributed by atoms with Gasteiger partial charge in [-0.05, 0) is 55.2 Å². The molecule has 3 rings (SSSR count). The van der Waals surface area contributed by atoms with Gasteiger partial charge in [0.2, 0.25) is 5.91 Å². The Morgan fingerprint density at radius 1 is 0.767 bits per heavy atom. The molecule has 0 unspecified atom stereocenters. The average molecular weight is 402 g/mol. The number of carbonyl (C=O) groups excluding carboxylic acids is 2. The van der Waals surface area contributed by atoms with E-state index < -0.39 is 0 Å². The number of benzene rings is 3. The first-order chi connectivity index (χ1) is 14.5.